The summed E-state index contributed by atoms with van der Waals surface area (Å²) in [6.07, 6.45) is 0. The summed E-state index contributed by atoms with van der Waals surface area (Å²) in [5, 5.41) is 6.38. The predicted molar refractivity (Wildman–Crippen MR) is 205 cm³/mol. The molecular weight excluding hydrogens is 635 g/mol. The lowest BCUT2D eigenvalue weighted by Gasteiger charge is -2.33. The Kier molecular flexibility index (Phi) is 6.50. The van der Waals surface area contributed by atoms with Crippen LogP contribution in [0.25, 0.3) is 43.1 Å². The van der Waals surface area contributed by atoms with Crippen molar-refractivity contribution in [2.75, 3.05) is 28.8 Å². The zero-order valence-corrected chi connectivity index (χ0v) is 29.3. The van der Waals surface area contributed by atoms with Gasteiger partial charge in [0, 0.05) is 52.8 Å². The van der Waals surface area contributed by atoms with Crippen molar-refractivity contribution >= 4 is 83.8 Å². The van der Waals surface area contributed by atoms with Gasteiger partial charge in [-0.2, -0.15) is 0 Å². The lowest BCUT2D eigenvalue weighted by molar-refractivity contribution is 0.0877. The minimum Gasteiger partial charge on any atom is -0.378 e. The van der Waals surface area contributed by atoms with Crippen molar-refractivity contribution < 1.29 is 19.2 Å². The summed E-state index contributed by atoms with van der Waals surface area (Å²) in [5.41, 5.74) is 5.95. The number of carbonyl (C=O) groups excluding carboxylic acids is 4. The minimum absolute atomic E-state index is 0.101. The molecule has 0 fully saturated rings. The Balaban J connectivity index is 1.26. The third-order valence-electron chi connectivity index (χ3n) is 10.8. The van der Waals surface area contributed by atoms with Crippen molar-refractivity contribution in [1.82, 2.24) is 0 Å². The standard InChI is InChI=1S/C44H35N3O4/c1-22(2)26-8-7-9-27(23(3)4)40(26)47-43(50)34-20-16-30-28-14-18-32-38-33(42(49)46(41(32)48)25-12-10-24(11-13-25)45(5)6)19-15-29(36(28)38)31-17-21-35(44(47)51)39(34)37(30)31/h7-23H,1-6H3. The van der Waals surface area contributed by atoms with Crippen LogP contribution >= 0.6 is 0 Å². The fraction of sp³-hybridized carbons (Fsp3) is 0.182. The molecule has 0 spiro atoms. The third-order valence-corrected chi connectivity index (χ3v) is 10.8. The number of rotatable bonds is 5. The van der Waals surface area contributed by atoms with Gasteiger partial charge in [-0.25, -0.2) is 9.80 Å². The highest BCUT2D eigenvalue weighted by atomic mass is 16.2. The molecule has 7 aromatic rings. The zero-order chi connectivity index (χ0) is 35.6. The zero-order valence-electron chi connectivity index (χ0n) is 29.3. The molecule has 7 heteroatoms. The molecule has 51 heavy (non-hydrogen) atoms. The maximum atomic E-state index is 14.6. The first-order valence-electron chi connectivity index (χ1n) is 17.4. The second-order valence-electron chi connectivity index (χ2n) is 14.5. The average molecular weight is 670 g/mol. The number of para-hydroxylation sites is 1. The van der Waals surface area contributed by atoms with Crippen LogP contribution in [0.15, 0.2) is 91.0 Å². The van der Waals surface area contributed by atoms with Crippen LogP contribution in [-0.4, -0.2) is 37.7 Å². The maximum absolute atomic E-state index is 14.6. The van der Waals surface area contributed by atoms with E-state index >= 15 is 0 Å². The number of hydrogen-bond acceptors (Lipinski definition) is 5. The van der Waals surface area contributed by atoms with Crippen molar-refractivity contribution in [2.45, 2.75) is 39.5 Å². The van der Waals surface area contributed by atoms with Gasteiger partial charge < -0.3 is 4.90 Å². The summed E-state index contributed by atoms with van der Waals surface area (Å²) in [6.45, 7) is 8.32. The molecule has 0 saturated carbocycles. The summed E-state index contributed by atoms with van der Waals surface area (Å²) in [7, 11) is 3.88. The molecule has 250 valence electrons. The summed E-state index contributed by atoms with van der Waals surface area (Å²) in [5.74, 6) is -1.21. The first-order valence-corrected chi connectivity index (χ1v) is 17.4. The number of benzene rings is 7. The molecule has 2 aliphatic rings. The van der Waals surface area contributed by atoms with E-state index in [4.69, 9.17) is 0 Å². The van der Waals surface area contributed by atoms with Crippen molar-refractivity contribution in [3.8, 4) is 0 Å². The number of anilines is 3. The van der Waals surface area contributed by atoms with Crippen LogP contribution in [0.5, 0.6) is 0 Å². The first-order chi connectivity index (χ1) is 24.5. The van der Waals surface area contributed by atoms with Gasteiger partial charge in [-0.15, -0.1) is 0 Å². The molecule has 0 N–H and O–H groups in total. The number of hydrogen-bond donors (Lipinski definition) is 0. The van der Waals surface area contributed by atoms with Crippen LogP contribution in [0.3, 0.4) is 0 Å². The Labute approximate surface area is 295 Å². The number of amides is 4. The molecule has 0 aliphatic carbocycles. The highest BCUT2D eigenvalue weighted by Gasteiger charge is 2.39. The molecule has 4 amide bonds. The summed E-state index contributed by atoms with van der Waals surface area (Å²) in [4.78, 5) is 61.9. The smallest absolute Gasteiger partial charge is 0.266 e. The normalized spacial score (nSPS) is 14.5. The lowest BCUT2D eigenvalue weighted by Crippen LogP contribution is -2.41. The van der Waals surface area contributed by atoms with Crippen molar-refractivity contribution in [3.05, 3.63) is 124 Å². The fourth-order valence-electron chi connectivity index (χ4n) is 8.38. The first kappa shape index (κ1) is 30.9. The van der Waals surface area contributed by atoms with Crippen LogP contribution in [0.2, 0.25) is 0 Å². The van der Waals surface area contributed by atoms with Crippen LogP contribution in [0.1, 0.15) is 92.1 Å². The lowest BCUT2D eigenvalue weighted by atomic mass is 9.82. The molecule has 2 heterocycles. The second-order valence-corrected chi connectivity index (χ2v) is 14.5. The van der Waals surface area contributed by atoms with E-state index in [0.29, 0.717) is 44.4 Å². The van der Waals surface area contributed by atoms with E-state index in [0.717, 1.165) is 49.1 Å². The number of fused-ring (bicyclic) bond motifs is 2. The Morgan fingerprint density at radius 2 is 0.824 bits per heavy atom. The van der Waals surface area contributed by atoms with E-state index in [9.17, 15) is 19.2 Å². The maximum Gasteiger partial charge on any atom is 0.266 e. The molecule has 2 aliphatic heterocycles. The van der Waals surface area contributed by atoms with E-state index < -0.39 is 0 Å². The van der Waals surface area contributed by atoms with Crippen LogP contribution < -0.4 is 14.7 Å². The van der Waals surface area contributed by atoms with Gasteiger partial charge in [-0.05, 0) is 104 Å². The van der Waals surface area contributed by atoms with Crippen LogP contribution in [-0.2, 0) is 0 Å². The Morgan fingerprint density at radius 1 is 0.451 bits per heavy atom. The van der Waals surface area contributed by atoms with Gasteiger partial charge in [0.2, 0.25) is 0 Å². The van der Waals surface area contributed by atoms with Gasteiger partial charge >= 0.3 is 0 Å². The second kappa shape index (κ2) is 10.7. The van der Waals surface area contributed by atoms with Gasteiger partial charge in [-0.1, -0.05) is 70.2 Å². The molecule has 0 atom stereocenters. The molecule has 9 rings (SSSR count). The van der Waals surface area contributed by atoms with Crippen molar-refractivity contribution in [3.63, 3.8) is 0 Å². The summed E-state index contributed by atoms with van der Waals surface area (Å²) < 4.78 is 0. The van der Waals surface area contributed by atoms with Gasteiger partial charge in [0.1, 0.15) is 0 Å². The topological polar surface area (TPSA) is 78.0 Å². The molecule has 7 nitrogen and oxygen atoms in total. The van der Waals surface area contributed by atoms with Gasteiger partial charge in [0.05, 0.1) is 11.4 Å². The number of imide groups is 2. The highest BCUT2D eigenvalue weighted by Crippen LogP contribution is 2.48. The number of carbonyl (C=O) groups is 4. The van der Waals surface area contributed by atoms with Gasteiger partial charge in [-0.3, -0.25) is 19.2 Å². The van der Waals surface area contributed by atoms with Gasteiger partial charge in [0.15, 0.2) is 0 Å². The molecule has 0 radical (unpaired) electrons. The van der Waals surface area contributed by atoms with E-state index in [1.54, 1.807) is 24.3 Å². The third kappa shape index (κ3) is 4.06. The van der Waals surface area contributed by atoms with Gasteiger partial charge in [0.25, 0.3) is 23.6 Å². The number of nitrogens with zero attached hydrogens (tertiary/aromatic N) is 3. The average Bonchev–Trinajstić information content (AvgIpc) is 3.12. The van der Waals surface area contributed by atoms with Crippen molar-refractivity contribution in [1.29, 1.82) is 0 Å². The Bertz CT molecular complexity index is 2560. The van der Waals surface area contributed by atoms with E-state index in [1.807, 2.05) is 85.7 Å². The fourth-order valence-corrected chi connectivity index (χ4v) is 8.38. The molecule has 0 unspecified atom stereocenters. The van der Waals surface area contributed by atoms with Crippen molar-refractivity contribution in [2.24, 2.45) is 0 Å². The minimum atomic E-state index is -0.372. The quantitative estimate of drug-likeness (QED) is 0.104. The summed E-state index contributed by atoms with van der Waals surface area (Å²) >= 11 is 0. The SMILES string of the molecule is CC(C)c1cccc(C(C)C)c1N1C(=O)c2ccc3c4ccc5c6c(ccc(c7ccc(c2c37)C1=O)c64)C(=O)N(c1ccc(N(C)C)cc1)C5=O. The van der Waals surface area contributed by atoms with E-state index in [1.165, 1.54) is 9.80 Å². The van der Waals surface area contributed by atoms with Crippen LogP contribution in [0, 0.1) is 0 Å². The summed E-state index contributed by atoms with van der Waals surface area (Å²) in [6, 6.07) is 28.4. The Hall–Kier alpha value is -6.08. The molecular formula is C44H35N3O4. The predicted octanol–water partition coefficient (Wildman–Crippen LogP) is 9.65. The molecule has 0 aromatic heterocycles. The molecule has 7 aromatic carbocycles. The molecule has 0 bridgehead atoms. The largest absolute Gasteiger partial charge is 0.378 e. The van der Waals surface area contributed by atoms with Crippen LogP contribution in [0.4, 0.5) is 17.1 Å². The molecule has 0 saturated heterocycles. The monoisotopic (exact) mass is 669 g/mol. The van der Waals surface area contributed by atoms with E-state index in [-0.39, 0.29) is 35.5 Å². The van der Waals surface area contributed by atoms with E-state index in [2.05, 4.69) is 27.7 Å². The highest BCUT2D eigenvalue weighted by molar-refractivity contribution is 6.45. The Morgan fingerprint density at radius 3 is 1.18 bits per heavy atom.